The van der Waals surface area contributed by atoms with Crippen LogP contribution in [-0.2, 0) is 0 Å². The number of fused-ring (bicyclic) bond motifs is 2. The Balaban J connectivity index is 2.18. The fourth-order valence-corrected chi connectivity index (χ4v) is 1.72. The number of nitrogens with zero attached hydrogens (tertiary/aromatic N) is 1. The summed E-state index contributed by atoms with van der Waals surface area (Å²) in [7, 11) is 0. The highest BCUT2D eigenvalue weighted by Crippen LogP contribution is 2.30. The minimum absolute atomic E-state index is 0.138. The fourth-order valence-electron chi connectivity index (χ4n) is 1.72. The summed E-state index contributed by atoms with van der Waals surface area (Å²) in [5.74, 6) is -0.138. The Morgan fingerprint density at radius 3 is 2.50 bits per heavy atom. The summed E-state index contributed by atoms with van der Waals surface area (Å²) < 4.78 is 0. The molecule has 0 bridgehead atoms. The van der Waals surface area contributed by atoms with Crippen molar-refractivity contribution >= 4 is 23.0 Å². The lowest BCUT2D eigenvalue weighted by Gasteiger charge is -2.06. The molecule has 0 unspecified atom stereocenters. The molecule has 1 aromatic carbocycles. The summed E-state index contributed by atoms with van der Waals surface area (Å²) in [6, 6.07) is 9.38. The first-order valence-corrected chi connectivity index (χ1v) is 4.96. The molecule has 4 heteroatoms. The van der Waals surface area contributed by atoms with E-state index >= 15 is 0 Å². The summed E-state index contributed by atoms with van der Waals surface area (Å²) in [6.45, 7) is 0. The molecule has 3 rings (SSSR count). The summed E-state index contributed by atoms with van der Waals surface area (Å²) in [5, 5.41) is 6.05. The maximum absolute atomic E-state index is 11.9. The lowest BCUT2D eigenvalue weighted by atomic mass is 10.2. The number of rotatable bonds is 0. The lowest BCUT2D eigenvalue weighted by Crippen LogP contribution is -2.10. The van der Waals surface area contributed by atoms with Crippen molar-refractivity contribution in [1.82, 2.24) is 4.98 Å². The van der Waals surface area contributed by atoms with Crippen molar-refractivity contribution in [2.24, 2.45) is 0 Å². The molecular weight excluding hydrogens is 202 g/mol. The maximum Gasteiger partial charge on any atom is 0.259 e. The number of hydrogen-bond donors (Lipinski definition) is 2. The quantitative estimate of drug-likeness (QED) is 0.703. The molecule has 1 amide bonds. The van der Waals surface area contributed by atoms with Gasteiger partial charge in [-0.25, -0.2) is 0 Å². The number of pyridine rings is 1. The van der Waals surface area contributed by atoms with Crippen LogP contribution in [0.25, 0.3) is 0 Å². The maximum atomic E-state index is 11.9. The van der Waals surface area contributed by atoms with Crippen molar-refractivity contribution in [2.75, 3.05) is 10.6 Å². The molecule has 0 spiro atoms. The van der Waals surface area contributed by atoms with Crippen molar-refractivity contribution in [3.63, 3.8) is 0 Å². The van der Waals surface area contributed by atoms with E-state index in [1.807, 2.05) is 24.3 Å². The number of para-hydroxylation sites is 2. The van der Waals surface area contributed by atoms with Gasteiger partial charge in [0.15, 0.2) is 0 Å². The number of anilines is 3. The van der Waals surface area contributed by atoms with Crippen LogP contribution in [0, 0.1) is 0 Å². The number of carbonyl (C=O) groups excluding carboxylic acids is 1. The first-order chi connectivity index (χ1) is 7.84. The molecule has 1 aliphatic rings. The molecule has 78 valence electrons. The van der Waals surface area contributed by atoms with Crippen LogP contribution in [-0.4, -0.2) is 10.9 Å². The van der Waals surface area contributed by atoms with Crippen molar-refractivity contribution < 1.29 is 4.79 Å². The van der Waals surface area contributed by atoms with Crippen LogP contribution in [0.15, 0.2) is 42.7 Å². The minimum atomic E-state index is -0.138. The Kier molecular flexibility index (Phi) is 1.86. The van der Waals surface area contributed by atoms with Gasteiger partial charge < -0.3 is 10.6 Å². The fraction of sp³-hybridized carbons (Fsp3) is 0. The molecule has 16 heavy (non-hydrogen) atoms. The Labute approximate surface area is 92.3 Å². The number of amides is 1. The molecule has 0 atom stereocenters. The first kappa shape index (κ1) is 8.91. The number of nitrogens with one attached hydrogen (secondary N) is 2. The predicted octanol–water partition coefficient (Wildman–Crippen LogP) is 2.39. The van der Waals surface area contributed by atoms with Gasteiger partial charge in [-0.3, -0.25) is 9.78 Å². The van der Waals surface area contributed by atoms with Gasteiger partial charge in [0.25, 0.3) is 5.91 Å². The van der Waals surface area contributed by atoms with Gasteiger partial charge in [0.05, 0.1) is 22.6 Å². The van der Waals surface area contributed by atoms with E-state index in [0.29, 0.717) is 5.56 Å². The summed E-state index contributed by atoms with van der Waals surface area (Å²) in [5.41, 5.74) is 3.00. The van der Waals surface area contributed by atoms with Crippen LogP contribution in [0.2, 0.25) is 0 Å². The Hall–Kier alpha value is -2.36. The number of carbonyl (C=O) groups is 1. The van der Waals surface area contributed by atoms with E-state index in [-0.39, 0.29) is 5.91 Å². The van der Waals surface area contributed by atoms with Gasteiger partial charge >= 0.3 is 0 Å². The molecule has 2 heterocycles. The largest absolute Gasteiger partial charge is 0.353 e. The number of aromatic nitrogens is 1. The van der Waals surface area contributed by atoms with Gasteiger partial charge in [0, 0.05) is 12.4 Å². The first-order valence-electron chi connectivity index (χ1n) is 4.96. The zero-order valence-corrected chi connectivity index (χ0v) is 8.40. The molecule has 2 aromatic rings. The summed E-state index contributed by atoms with van der Waals surface area (Å²) in [6.07, 6.45) is 3.22. The van der Waals surface area contributed by atoms with Gasteiger partial charge in [0.2, 0.25) is 0 Å². The molecule has 1 aromatic heterocycles. The average Bonchev–Trinajstić information content (AvgIpc) is 2.45. The van der Waals surface area contributed by atoms with Gasteiger partial charge in [-0.1, -0.05) is 12.1 Å². The van der Waals surface area contributed by atoms with Crippen molar-refractivity contribution in [1.29, 1.82) is 0 Å². The van der Waals surface area contributed by atoms with Crippen molar-refractivity contribution in [2.45, 2.75) is 0 Å². The normalized spacial score (nSPS) is 12.9. The van der Waals surface area contributed by atoms with E-state index in [1.54, 1.807) is 18.5 Å². The van der Waals surface area contributed by atoms with Gasteiger partial charge in [-0.2, -0.15) is 0 Å². The van der Waals surface area contributed by atoms with Crippen LogP contribution in [0.3, 0.4) is 0 Å². The predicted molar refractivity (Wildman–Crippen MR) is 61.9 cm³/mol. The lowest BCUT2D eigenvalue weighted by molar-refractivity contribution is 0.102. The standard InChI is InChI=1S/C12H9N3O/c16-12-8-7-13-6-5-9(8)14-10-3-1-2-4-11(10)15-12/h1-7,14H,(H,15,16). The van der Waals surface area contributed by atoms with Gasteiger partial charge in [-0.05, 0) is 18.2 Å². The SMILES string of the molecule is O=C1Nc2ccccc2Nc2ccncc21. The number of benzene rings is 1. The second kappa shape index (κ2) is 3.34. The van der Waals surface area contributed by atoms with Gasteiger partial charge in [-0.15, -0.1) is 0 Å². The van der Waals surface area contributed by atoms with E-state index in [9.17, 15) is 4.79 Å². The number of hydrogen-bond acceptors (Lipinski definition) is 3. The summed E-state index contributed by atoms with van der Waals surface area (Å²) >= 11 is 0. The molecule has 0 fully saturated rings. The van der Waals surface area contributed by atoms with Crippen LogP contribution in [0.1, 0.15) is 10.4 Å². The van der Waals surface area contributed by atoms with E-state index in [1.165, 1.54) is 0 Å². The molecular formula is C12H9N3O. The molecule has 4 nitrogen and oxygen atoms in total. The molecule has 0 radical (unpaired) electrons. The third-order valence-corrected chi connectivity index (χ3v) is 2.51. The Morgan fingerprint density at radius 1 is 0.938 bits per heavy atom. The van der Waals surface area contributed by atoms with Gasteiger partial charge in [0.1, 0.15) is 0 Å². The zero-order valence-electron chi connectivity index (χ0n) is 8.40. The zero-order chi connectivity index (χ0) is 11.0. The highest BCUT2D eigenvalue weighted by atomic mass is 16.1. The highest BCUT2D eigenvalue weighted by Gasteiger charge is 2.17. The van der Waals surface area contributed by atoms with E-state index in [0.717, 1.165) is 17.1 Å². The van der Waals surface area contributed by atoms with Crippen LogP contribution in [0.4, 0.5) is 17.1 Å². The molecule has 0 saturated carbocycles. The van der Waals surface area contributed by atoms with Crippen LogP contribution < -0.4 is 10.6 Å². The van der Waals surface area contributed by atoms with Crippen molar-refractivity contribution in [3.05, 3.63) is 48.3 Å². The highest BCUT2D eigenvalue weighted by molar-refractivity contribution is 6.11. The second-order valence-corrected chi connectivity index (χ2v) is 3.55. The monoisotopic (exact) mass is 211 g/mol. The third-order valence-electron chi connectivity index (χ3n) is 2.51. The minimum Gasteiger partial charge on any atom is -0.353 e. The second-order valence-electron chi connectivity index (χ2n) is 3.55. The molecule has 2 N–H and O–H groups in total. The Morgan fingerprint density at radius 2 is 1.69 bits per heavy atom. The molecule has 1 aliphatic heterocycles. The van der Waals surface area contributed by atoms with Crippen molar-refractivity contribution in [3.8, 4) is 0 Å². The van der Waals surface area contributed by atoms with Crippen LogP contribution >= 0.6 is 0 Å². The van der Waals surface area contributed by atoms with E-state index in [2.05, 4.69) is 15.6 Å². The van der Waals surface area contributed by atoms with Crippen LogP contribution in [0.5, 0.6) is 0 Å². The Bertz CT molecular complexity index is 566. The van der Waals surface area contributed by atoms with E-state index in [4.69, 9.17) is 0 Å². The third kappa shape index (κ3) is 1.32. The summed E-state index contributed by atoms with van der Waals surface area (Å²) in [4.78, 5) is 15.8. The smallest absolute Gasteiger partial charge is 0.259 e. The average molecular weight is 211 g/mol. The topological polar surface area (TPSA) is 54.0 Å². The molecule has 0 aliphatic carbocycles. The van der Waals surface area contributed by atoms with E-state index < -0.39 is 0 Å². The molecule has 0 saturated heterocycles.